The Labute approximate surface area is 133 Å². The van der Waals surface area contributed by atoms with Gasteiger partial charge >= 0.3 is 0 Å². The molecule has 0 amide bonds. The van der Waals surface area contributed by atoms with Gasteiger partial charge in [-0.25, -0.2) is 13.8 Å². The van der Waals surface area contributed by atoms with Gasteiger partial charge < -0.3 is 14.4 Å². The van der Waals surface area contributed by atoms with Gasteiger partial charge in [-0.05, 0) is 25.1 Å². The largest absolute Gasteiger partial charge is 0.378 e. The highest BCUT2D eigenvalue weighted by Gasteiger charge is 2.40. The van der Waals surface area contributed by atoms with Crippen molar-refractivity contribution in [2.75, 3.05) is 37.8 Å². The second-order valence-electron chi connectivity index (χ2n) is 6.30. The highest BCUT2D eigenvalue weighted by molar-refractivity contribution is 5.92. The summed E-state index contributed by atoms with van der Waals surface area (Å²) in [4.78, 5) is 6.36. The van der Waals surface area contributed by atoms with E-state index in [1.54, 1.807) is 13.0 Å². The van der Waals surface area contributed by atoms with E-state index >= 15 is 0 Å². The summed E-state index contributed by atoms with van der Waals surface area (Å²) in [6.07, 6.45) is 0.856. The van der Waals surface area contributed by atoms with Gasteiger partial charge in [0.2, 0.25) is 0 Å². The molecule has 0 bridgehead atoms. The molecule has 2 aliphatic rings. The fourth-order valence-corrected chi connectivity index (χ4v) is 3.48. The lowest BCUT2D eigenvalue weighted by Gasteiger charge is -2.41. The number of ether oxygens (including phenoxy) is 2. The standard InChI is InChI=1S/C17H18F2N2O2/c1-11-8-14(12-2-3-13(18)15(19)16(12)20-11)21-5-7-23-17(9-21)4-6-22-10-17/h2-3,8H,4-7,9-10H2,1H3/t17-/m0/s1. The van der Waals surface area contributed by atoms with Gasteiger partial charge in [-0.15, -0.1) is 0 Å². The van der Waals surface area contributed by atoms with Crippen molar-refractivity contribution in [1.82, 2.24) is 4.98 Å². The van der Waals surface area contributed by atoms with Crippen LogP contribution in [0.5, 0.6) is 0 Å². The first-order chi connectivity index (χ1) is 11.1. The normalized spacial score (nSPS) is 24.7. The van der Waals surface area contributed by atoms with E-state index in [9.17, 15) is 8.78 Å². The van der Waals surface area contributed by atoms with Crippen LogP contribution in [-0.4, -0.2) is 43.5 Å². The van der Waals surface area contributed by atoms with Gasteiger partial charge in [0.15, 0.2) is 11.6 Å². The number of aromatic nitrogens is 1. The summed E-state index contributed by atoms with van der Waals surface area (Å²) in [5.41, 5.74) is 1.34. The lowest BCUT2D eigenvalue weighted by molar-refractivity contribution is -0.0578. The molecule has 2 saturated heterocycles. The molecule has 2 aliphatic heterocycles. The van der Waals surface area contributed by atoms with Crippen LogP contribution in [0.25, 0.3) is 10.9 Å². The summed E-state index contributed by atoms with van der Waals surface area (Å²) in [7, 11) is 0. The molecule has 1 spiro atoms. The van der Waals surface area contributed by atoms with Gasteiger partial charge in [0.25, 0.3) is 0 Å². The molecule has 0 radical (unpaired) electrons. The Balaban J connectivity index is 1.80. The second-order valence-corrected chi connectivity index (χ2v) is 6.30. The van der Waals surface area contributed by atoms with Crippen molar-refractivity contribution in [3.8, 4) is 0 Å². The molecule has 23 heavy (non-hydrogen) atoms. The zero-order valence-electron chi connectivity index (χ0n) is 12.9. The van der Waals surface area contributed by atoms with Crippen LogP contribution in [-0.2, 0) is 9.47 Å². The summed E-state index contributed by atoms with van der Waals surface area (Å²) in [5.74, 6) is -1.76. The second kappa shape index (κ2) is 5.39. The molecule has 122 valence electrons. The van der Waals surface area contributed by atoms with Crippen molar-refractivity contribution in [3.63, 3.8) is 0 Å². The zero-order chi connectivity index (χ0) is 16.0. The number of hydrogen-bond donors (Lipinski definition) is 0. The van der Waals surface area contributed by atoms with Gasteiger partial charge in [-0.3, -0.25) is 0 Å². The van der Waals surface area contributed by atoms with Gasteiger partial charge in [0.1, 0.15) is 11.1 Å². The van der Waals surface area contributed by atoms with E-state index in [0.29, 0.717) is 44.0 Å². The molecule has 0 aliphatic carbocycles. The molecule has 1 aromatic carbocycles. The van der Waals surface area contributed by atoms with Gasteiger partial charge in [-0.2, -0.15) is 0 Å². The Morgan fingerprint density at radius 1 is 1.26 bits per heavy atom. The van der Waals surface area contributed by atoms with Crippen molar-refractivity contribution in [1.29, 1.82) is 0 Å². The Morgan fingerprint density at radius 3 is 2.91 bits per heavy atom. The average Bonchev–Trinajstić information content (AvgIpc) is 2.98. The Kier molecular flexibility index (Phi) is 3.46. The molecular weight excluding hydrogens is 302 g/mol. The highest BCUT2D eigenvalue weighted by Crippen LogP contribution is 2.34. The monoisotopic (exact) mass is 320 g/mol. The van der Waals surface area contributed by atoms with Crippen LogP contribution in [0.3, 0.4) is 0 Å². The van der Waals surface area contributed by atoms with Gasteiger partial charge in [0.05, 0.1) is 13.2 Å². The fourth-order valence-electron chi connectivity index (χ4n) is 3.48. The maximum absolute atomic E-state index is 14.1. The third-order valence-electron chi connectivity index (χ3n) is 4.64. The molecule has 4 nitrogen and oxygen atoms in total. The molecule has 1 aromatic heterocycles. The number of nitrogens with zero attached hydrogens (tertiary/aromatic N) is 2. The van der Waals surface area contributed by atoms with Crippen LogP contribution in [0.4, 0.5) is 14.5 Å². The number of halogens is 2. The van der Waals surface area contributed by atoms with E-state index in [1.807, 2.05) is 6.07 Å². The predicted octanol–water partition coefficient (Wildman–Crippen LogP) is 2.82. The van der Waals surface area contributed by atoms with Crippen molar-refractivity contribution < 1.29 is 18.3 Å². The molecule has 2 aromatic rings. The number of hydrogen-bond acceptors (Lipinski definition) is 4. The van der Waals surface area contributed by atoms with Crippen LogP contribution in [0.15, 0.2) is 18.2 Å². The first-order valence-corrected chi connectivity index (χ1v) is 7.80. The number of anilines is 1. The minimum atomic E-state index is -0.889. The van der Waals surface area contributed by atoms with Crippen molar-refractivity contribution in [3.05, 3.63) is 35.5 Å². The summed E-state index contributed by atoms with van der Waals surface area (Å²) in [6.45, 7) is 5.06. The van der Waals surface area contributed by atoms with Crippen LogP contribution < -0.4 is 4.90 Å². The number of aryl methyl sites for hydroxylation is 1. The summed E-state index contributed by atoms with van der Waals surface area (Å²) in [5, 5.41) is 0.630. The van der Waals surface area contributed by atoms with E-state index in [-0.39, 0.29) is 11.1 Å². The quantitative estimate of drug-likeness (QED) is 0.809. The number of pyridine rings is 1. The average molecular weight is 320 g/mol. The summed E-state index contributed by atoms with van der Waals surface area (Å²) < 4.78 is 39.1. The lowest BCUT2D eigenvalue weighted by atomic mass is 9.99. The molecular formula is C17H18F2N2O2. The highest BCUT2D eigenvalue weighted by atomic mass is 19.2. The van der Waals surface area contributed by atoms with Crippen LogP contribution in [0.1, 0.15) is 12.1 Å². The maximum atomic E-state index is 14.1. The van der Waals surface area contributed by atoms with E-state index < -0.39 is 11.6 Å². The van der Waals surface area contributed by atoms with Crippen LogP contribution in [0, 0.1) is 18.6 Å². The number of morpholine rings is 1. The molecule has 0 saturated carbocycles. The maximum Gasteiger partial charge on any atom is 0.185 e. The fraction of sp³-hybridized carbons (Fsp3) is 0.471. The van der Waals surface area contributed by atoms with Crippen molar-refractivity contribution in [2.45, 2.75) is 18.9 Å². The molecule has 4 rings (SSSR count). The van der Waals surface area contributed by atoms with Gasteiger partial charge in [-0.1, -0.05) is 0 Å². The zero-order valence-corrected chi connectivity index (χ0v) is 12.9. The third-order valence-corrected chi connectivity index (χ3v) is 4.64. The van der Waals surface area contributed by atoms with E-state index in [4.69, 9.17) is 9.47 Å². The minimum Gasteiger partial charge on any atom is -0.378 e. The Bertz CT molecular complexity index is 760. The van der Waals surface area contributed by atoms with E-state index in [0.717, 1.165) is 18.2 Å². The number of rotatable bonds is 1. The van der Waals surface area contributed by atoms with Gasteiger partial charge in [0, 0.05) is 42.9 Å². The predicted molar refractivity (Wildman–Crippen MR) is 82.7 cm³/mol. The SMILES string of the molecule is Cc1cc(N2CCO[C@@]3(CCOC3)C2)c2ccc(F)c(F)c2n1. The first-order valence-electron chi connectivity index (χ1n) is 7.80. The van der Waals surface area contributed by atoms with E-state index in [2.05, 4.69) is 9.88 Å². The topological polar surface area (TPSA) is 34.6 Å². The molecule has 1 atom stereocenters. The first kappa shape index (κ1) is 14.8. The molecule has 2 fully saturated rings. The summed E-state index contributed by atoms with van der Waals surface area (Å²) >= 11 is 0. The van der Waals surface area contributed by atoms with Crippen LogP contribution >= 0.6 is 0 Å². The molecule has 3 heterocycles. The smallest absolute Gasteiger partial charge is 0.185 e. The Hall–Kier alpha value is -1.79. The summed E-state index contributed by atoms with van der Waals surface area (Å²) in [6, 6.07) is 4.68. The number of benzene rings is 1. The molecule has 6 heteroatoms. The van der Waals surface area contributed by atoms with Crippen molar-refractivity contribution in [2.24, 2.45) is 0 Å². The lowest BCUT2D eigenvalue weighted by Crippen LogP contribution is -2.52. The van der Waals surface area contributed by atoms with Crippen LogP contribution in [0.2, 0.25) is 0 Å². The molecule has 0 N–H and O–H groups in total. The van der Waals surface area contributed by atoms with E-state index in [1.165, 1.54) is 0 Å². The third kappa shape index (κ3) is 2.46. The number of fused-ring (bicyclic) bond motifs is 1. The minimum absolute atomic E-state index is 0.0863. The Morgan fingerprint density at radius 2 is 2.13 bits per heavy atom. The van der Waals surface area contributed by atoms with Crippen molar-refractivity contribution >= 4 is 16.6 Å². The molecule has 0 unspecified atom stereocenters.